The predicted molar refractivity (Wildman–Crippen MR) is 40.2 cm³/mol. The molecule has 1 aliphatic heterocycles. The van der Waals surface area contributed by atoms with Gasteiger partial charge in [0.05, 0.1) is 5.75 Å². The highest BCUT2D eigenvalue weighted by Crippen LogP contribution is 2.14. The molecule has 0 bridgehead atoms. The van der Waals surface area contributed by atoms with E-state index in [-0.39, 0.29) is 11.6 Å². The lowest BCUT2D eigenvalue weighted by Crippen LogP contribution is -2.32. The Bertz CT molecular complexity index is 242. The summed E-state index contributed by atoms with van der Waals surface area (Å²) in [4.78, 5) is 1.68. The average Bonchev–Trinajstić information content (AvgIpc) is 1.79. The molecule has 1 fully saturated rings. The van der Waals surface area contributed by atoms with Crippen LogP contribution in [0.25, 0.3) is 0 Å². The standard InChI is InChI=1S/C6H11NO2S/c1-6-3-4-10(8,9)5-7(6)2/h1,3-5H2,2H3. The molecule has 1 heterocycles. The molecule has 0 spiro atoms. The summed E-state index contributed by atoms with van der Waals surface area (Å²) in [5, 5.41) is 0. The second-order valence-corrected chi connectivity index (χ2v) is 4.74. The summed E-state index contributed by atoms with van der Waals surface area (Å²) in [7, 11) is -1.05. The molecule has 0 N–H and O–H groups in total. The molecule has 0 aromatic rings. The summed E-state index contributed by atoms with van der Waals surface area (Å²) < 4.78 is 21.8. The van der Waals surface area contributed by atoms with E-state index in [1.54, 1.807) is 11.9 Å². The van der Waals surface area contributed by atoms with Gasteiger partial charge in [-0.15, -0.1) is 0 Å². The van der Waals surface area contributed by atoms with E-state index in [1.807, 2.05) is 0 Å². The maximum absolute atomic E-state index is 10.9. The fraction of sp³-hybridized carbons (Fsp3) is 0.667. The minimum absolute atomic E-state index is 0.131. The highest BCUT2D eigenvalue weighted by atomic mass is 32.2. The maximum atomic E-state index is 10.9. The van der Waals surface area contributed by atoms with Crippen LogP contribution in [0, 0.1) is 0 Å². The number of rotatable bonds is 0. The van der Waals surface area contributed by atoms with Gasteiger partial charge in [0.2, 0.25) is 0 Å². The quantitative estimate of drug-likeness (QED) is 0.509. The van der Waals surface area contributed by atoms with E-state index in [2.05, 4.69) is 6.58 Å². The molecule has 0 unspecified atom stereocenters. The van der Waals surface area contributed by atoms with Crippen LogP contribution in [0.3, 0.4) is 0 Å². The van der Waals surface area contributed by atoms with Gasteiger partial charge in [-0.25, -0.2) is 8.42 Å². The molecule has 58 valence electrons. The molecule has 0 aromatic heterocycles. The predicted octanol–water partition coefficient (Wildman–Crippen LogP) is 0.208. The van der Waals surface area contributed by atoms with Crippen molar-refractivity contribution in [1.29, 1.82) is 0 Å². The largest absolute Gasteiger partial charge is 0.364 e. The first-order valence-electron chi connectivity index (χ1n) is 3.10. The Hall–Kier alpha value is -0.510. The van der Waals surface area contributed by atoms with Crippen molar-refractivity contribution in [3.8, 4) is 0 Å². The van der Waals surface area contributed by atoms with Crippen molar-refractivity contribution in [3.05, 3.63) is 12.3 Å². The van der Waals surface area contributed by atoms with Crippen LogP contribution in [0.1, 0.15) is 6.42 Å². The lowest BCUT2D eigenvalue weighted by Gasteiger charge is -2.26. The van der Waals surface area contributed by atoms with Crippen LogP contribution in [0.2, 0.25) is 0 Å². The van der Waals surface area contributed by atoms with E-state index < -0.39 is 9.84 Å². The van der Waals surface area contributed by atoms with Gasteiger partial charge < -0.3 is 4.90 Å². The lowest BCUT2D eigenvalue weighted by atomic mass is 10.3. The molecule has 0 amide bonds. The van der Waals surface area contributed by atoms with Crippen molar-refractivity contribution < 1.29 is 8.42 Å². The fourth-order valence-corrected chi connectivity index (χ4v) is 2.36. The summed E-state index contributed by atoms with van der Waals surface area (Å²) in [6, 6.07) is 0. The minimum Gasteiger partial charge on any atom is -0.364 e. The average molecular weight is 161 g/mol. The lowest BCUT2D eigenvalue weighted by molar-refractivity contribution is 0.440. The van der Waals surface area contributed by atoms with E-state index in [0.717, 1.165) is 5.70 Å². The molecule has 0 atom stereocenters. The molecule has 0 radical (unpaired) electrons. The van der Waals surface area contributed by atoms with E-state index in [0.29, 0.717) is 6.42 Å². The van der Waals surface area contributed by atoms with Gasteiger partial charge in [-0.2, -0.15) is 0 Å². The molecule has 1 saturated heterocycles. The van der Waals surface area contributed by atoms with Gasteiger partial charge in [-0.05, 0) is 0 Å². The third kappa shape index (κ3) is 1.50. The summed E-state index contributed by atoms with van der Waals surface area (Å²) in [5.41, 5.74) is 0.912. The molecule has 1 rings (SSSR count). The van der Waals surface area contributed by atoms with Crippen molar-refractivity contribution in [2.24, 2.45) is 0 Å². The molecule has 3 nitrogen and oxygen atoms in total. The van der Waals surface area contributed by atoms with Gasteiger partial charge in [-0.3, -0.25) is 0 Å². The SMILES string of the molecule is C=C1CCS(=O)(=O)CN1C. The van der Waals surface area contributed by atoms with Crippen LogP contribution in [-0.2, 0) is 9.84 Å². The van der Waals surface area contributed by atoms with E-state index in [4.69, 9.17) is 0 Å². The van der Waals surface area contributed by atoms with Gasteiger partial charge in [0.15, 0.2) is 9.84 Å². The van der Waals surface area contributed by atoms with E-state index >= 15 is 0 Å². The second-order valence-electron chi connectivity index (χ2n) is 2.59. The van der Waals surface area contributed by atoms with Crippen LogP contribution in [0.4, 0.5) is 0 Å². The second kappa shape index (κ2) is 2.27. The van der Waals surface area contributed by atoms with Gasteiger partial charge in [0, 0.05) is 19.2 Å². The van der Waals surface area contributed by atoms with Crippen molar-refractivity contribution in [3.63, 3.8) is 0 Å². The summed E-state index contributed by atoms with van der Waals surface area (Å²) >= 11 is 0. The topological polar surface area (TPSA) is 37.4 Å². The highest BCUT2D eigenvalue weighted by Gasteiger charge is 2.21. The van der Waals surface area contributed by atoms with E-state index in [1.165, 1.54) is 0 Å². The van der Waals surface area contributed by atoms with Crippen LogP contribution >= 0.6 is 0 Å². The summed E-state index contributed by atoms with van der Waals surface area (Å²) in [5.74, 6) is 0.391. The smallest absolute Gasteiger partial charge is 0.168 e. The van der Waals surface area contributed by atoms with Crippen LogP contribution in [0.5, 0.6) is 0 Å². The first kappa shape index (κ1) is 7.60. The molecule has 0 aromatic carbocycles. The zero-order valence-corrected chi connectivity index (χ0v) is 6.82. The fourth-order valence-electron chi connectivity index (χ4n) is 0.915. The molecule has 1 aliphatic rings. The third-order valence-corrected chi connectivity index (χ3v) is 3.24. The number of hydrogen-bond donors (Lipinski definition) is 0. The molecular weight excluding hydrogens is 150 g/mol. The Kier molecular flexibility index (Phi) is 1.72. The number of nitrogens with zero attached hydrogens (tertiary/aromatic N) is 1. The zero-order chi connectivity index (χ0) is 7.78. The Labute approximate surface area is 61.3 Å². The number of hydrogen-bond acceptors (Lipinski definition) is 3. The minimum atomic E-state index is -2.80. The zero-order valence-electron chi connectivity index (χ0n) is 6.00. The van der Waals surface area contributed by atoms with Gasteiger partial charge >= 0.3 is 0 Å². The Morgan fingerprint density at radius 3 is 2.60 bits per heavy atom. The first-order chi connectivity index (χ1) is 4.51. The van der Waals surface area contributed by atoms with Gasteiger partial charge in [0.1, 0.15) is 5.88 Å². The Morgan fingerprint density at radius 2 is 2.20 bits per heavy atom. The number of sulfone groups is 1. The van der Waals surface area contributed by atoms with Gasteiger partial charge in [0.25, 0.3) is 0 Å². The monoisotopic (exact) mass is 161 g/mol. The normalized spacial score (nSPS) is 24.9. The number of allylic oxidation sites excluding steroid dienone is 1. The maximum Gasteiger partial charge on any atom is 0.168 e. The summed E-state index contributed by atoms with van der Waals surface area (Å²) in [6.45, 7) is 3.72. The first-order valence-corrected chi connectivity index (χ1v) is 4.93. The van der Waals surface area contributed by atoms with E-state index in [9.17, 15) is 8.42 Å². The van der Waals surface area contributed by atoms with Crippen molar-refractivity contribution >= 4 is 9.84 Å². The summed E-state index contributed by atoms with van der Waals surface area (Å²) in [6.07, 6.45) is 0.582. The molecule has 4 heteroatoms. The Morgan fingerprint density at radius 1 is 1.60 bits per heavy atom. The van der Waals surface area contributed by atoms with Crippen molar-refractivity contribution in [2.75, 3.05) is 18.7 Å². The molecule has 0 saturated carbocycles. The van der Waals surface area contributed by atoms with Crippen molar-refractivity contribution in [1.82, 2.24) is 4.90 Å². The molecular formula is C6H11NO2S. The van der Waals surface area contributed by atoms with Crippen LogP contribution in [-0.4, -0.2) is 32.0 Å². The van der Waals surface area contributed by atoms with Crippen molar-refractivity contribution in [2.45, 2.75) is 6.42 Å². The molecule has 10 heavy (non-hydrogen) atoms. The van der Waals surface area contributed by atoms with Crippen LogP contribution in [0.15, 0.2) is 12.3 Å². The van der Waals surface area contributed by atoms with Crippen LogP contribution < -0.4 is 0 Å². The van der Waals surface area contributed by atoms with Gasteiger partial charge in [-0.1, -0.05) is 6.58 Å². The highest BCUT2D eigenvalue weighted by molar-refractivity contribution is 7.91. The Balaban J connectivity index is 2.76. The third-order valence-electron chi connectivity index (χ3n) is 1.63. The molecule has 0 aliphatic carbocycles.